The second kappa shape index (κ2) is 8.17. The molecule has 2 rings (SSSR count). The normalized spacial score (nSPS) is 11.6. The predicted molar refractivity (Wildman–Crippen MR) is 88.7 cm³/mol. The van der Waals surface area contributed by atoms with Crippen molar-refractivity contribution in [1.82, 2.24) is 10.3 Å². The Kier molecular flexibility index (Phi) is 5.97. The standard InChI is InChI=1S/C18H22N2O3/c1-13(15-5-4-8-19-12-15)20-18(21)7-6-14-9-16(22-2)11-17(10-14)23-3/h4-5,8-13H,6-7H2,1-3H3,(H,20,21)/t13-/m0/s1. The van der Waals surface area contributed by atoms with Crippen LogP contribution in [-0.2, 0) is 11.2 Å². The lowest BCUT2D eigenvalue weighted by Crippen LogP contribution is -2.26. The average Bonchev–Trinajstić information content (AvgIpc) is 2.60. The molecule has 1 atom stereocenters. The summed E-state index contributed by atoms with van der Waals surface area (Å²) < 4.78 is 10.5. The molecule has 1 heterocycles. The first-order valence-electron chi connectivity index (χ1n) is 7.53. The Bertz CT molecular complexity index is 622. The number of amides is 1. The molecule has 0 aliphatic heterocycles. The first-order valence-corrected chi connectivity index (χ1v) is 7.53. The van der Waals surface area contributed by atoms with Crippen LogP contribution in [0.15, 0.2) is 42.7 Å². The van der Waals surface area contributed by atoms with Crippen molar-refractivity contribution >= 4 is 5.91 Å². The molecule has 5 heteroatoms. The Morgan fingerprint density at radius 2 is 1.91 bits per heavy atom. The molecule has 1 N–H and O–H groups in total. The molecule has 0 saturated carbocycles. The van der Waals surface area contributed by atoms with Crippen LogP contribution in [0.4, 0.5) is 0 Å². The number of methoxy groups -OCH3 is 2. The number of aromatic nitrogens is 1. The number of nitrogens with zero attached hydrogens (tertiary/aromatic N) is 1. The van der Waals surface area contributed by atoms with Crippen molar-refractivity contribution in [2.75, 3.05) is 14.2 Å². The third-order valence-corrected chi connectivity index (χ3v) is 3.61. The van der Waals surface area contributed by atoms with Gasteiger partial charge in [-0.25, -0.2) is 0 Å². The zero-order valence-electron chi connectivity index (χ0n) is 13.7. The van der Waals surface area contributed by atoms with Gasteiger partial charge in [0.25, 0.3) is 0 Å². The summed E-state index contributed by atoms with van der Waals surface area (Å²) in [6, 6.07) is 9.40. The van der Waals surface area contributed by atoms with Crippen LogP contribution >= 0.6 is 0 Å². The maximum Gasteiger partial charge on any atom is 0.220 e. The van der Waals surface area contributed by atoms with E-state index in [1.165, 1.54) is 0 Å². The molecule has 0 aliphatic rings. The quantitative estimate of drug-likeness (QED) is 0.853. The third-order valence-electron chi connectivity index (χ3n) is 3.61. The van der Waals surface area contributed by atoms with Gasteiger partial charge < -0.3 is 14.8 Å². The molecule has 0 aliphatic carbocycles. The molecule has 0 unspecified atom stereocenters. The van der Waals surface area contributed by atoms with E-state index in [0.29, 0.717) is 12.8 Å². The molecular formula is C18H22N2O3. The Balaban J connectivity index is 1.91. The Morgan fingerprint density at radius 1 is 1.22 bits per heavy atom. The number of rotatable bonds is 7. The largest absolute Gasteiger partial charge is 0.497 e. The maximum absolute atomic E-state index is 12.1. The van der Waals surface area contributed by atoms with E-state index in [0.717, 1.165) is 22.6 Å². The summed E-state index contributed by atoms with van der Waals surface area (Å²) in [4.78, 5) is 16.2. The zero-order chi connectivity index (χ0) is 16.7. The van der Waals surface area contributed by atoms with Gasteiger partial charge in [-0.2, -0.15) is 0 Å². The number of pyridine rings is 1. The lowest BCUT2D eigenvalue weighted by atomic mass is 10.1. The molecule has 23 heavy (non-hydrogen) atoms. The summed E-state index contributed by atoms with van der Waals surface area (Å²) >= 11 is 0. The number of nitrogens with one attached hydrogen (secondary N) is 1. The minimum Gasteiger partial charge on any atom is -0.497 e. The van der Waals surface area contributed by atoms with E-state index in [-0.39, 0.29) is 11.9 Å². The highest BCUT2D eigenvalue weighted by Gasteiger charge is 2.10. The molecule has 0 spiro atoms. The molecule has 122 valence electrons. The second-order valence-electron chi connectivity index (χ2n) is 5.30. The van der Waals surface area contributed by atoms with Crippen LogP contribution < -0.4 is 14.8 Å². The van der Waals surface area contributed by atoms with Crippen LogP contribution in [0, 0.1) is 0 Å². The Hall–Kier alpha value is -2.56. The predicted octanol–water partition coefficient (Wildman–Crippen LogP) is 2.91. The van der Waals surface area contributed by atoms with Gasteiger partial charge in [-0.15, -0.1) is 0 Å². The highest BCUT2D eigenvalue weighted by molar-refractivity contribution is 5.76. The molecule has 0 radical (unpaired) electrons. The van der Waals surface area contributed by atoms with E-state index in [2.05, 4.69) is 10.3 Å². The summed E-state index contributed by atoms with van der Waals surface area (Å²) in [5.74, 6) is 1.45. The van der Waals surface area contributed by atoms with Gasteiger partial charge in [-0.3, -0.25) is 9.78 Å². The fraction of sp³-hybridized carbons (Fsp3) is 0.333. The Morgan fingerprint density at radius 3 is 2.48 bits per heavy atom. The maximum atomic E-state index is 12.1. The highest BCUT2D eigenvalue weighted by Crippen LogP contribution is 2.23. The molecule has 5 nitrogen and oxygen atoms in total. The molecule has 0 saturated heterocycles. The van der Waals surface area contributed by atoms with E-state index in [1.807, 2.05) is 37.3 Å². The lowest BCUT2D eigenvalue weighted by Gasteiger charge is -2.14. The summed E-state index contributed by atoms with van der Waals surface area (Å²) in [6.07, 6.45) is 4.51. The average molecular weight is 314 g/mol. The van der Waals surface area contributed by atoms with Crippen molar-refractivity contribution < 1.29 is 14.3 Å². The number of hydrogen-bond acceptors (Lipinski definition) is 4. The van der Waals surface area contributed by atoms with Crippen LogP contribution in [0.5, 0.6) is 11.5 Å². The third kappa shape index (κ3) is 4.98. The summed E-state index contributed by atoms with van der Waals surface area (Å²) in [5.41, 5.74) is 1.99. The van der Waals surface area contributed by atoms with Crippen molar-refractivity contribution in [3.8, 4) is 11.5 Å². The molecule has 1 aromatic carbocycles. The number of ether oxygens (including phenoxy) is 2. The van der Waals surface area contributed by atoms with Gasteiger partial charge in [0.2, 0.25) is 5.91 Å². The number of carbonyl (C=O) groups is 1. The summed E-state index contributed by atoms with van der Waals surface area (Å²) in [6.45, 7) is 1.95. The molecule has 1 aromatic heterocycles. The van der Waals surface area contributed by atoms with Crippen LogP contribution in [0.1, 0.15) is 30.5 Å². The number of carbonyl (C=O) groups excluding carboxylic acids is 1. The molecule has 0 bridgehead atoms. The molecule has 1 amide bonds. The number of benzene rings is 1. The lowest BCUT2D eigenvalue weighted by molar-refractivity contribution is -0.121. The minimum absolute atomic E-state index is 0.00291. The summed E-state index contributed by atoms with van der Waals surface area (Å²) in [7, 11) is 3.22. The van der Waals surface area contributed by atoms with Gasteiger partial charge in [0, 0.05) is 24.9 Å². The van der Waals surface area contributed by atoms with Crippen LogP contribution in [0.3, 0.4) is 0 Å². The monoisotopic (exact) mass is 314 g/mol. The van der Waals surface area contributed by atoms with Gasteiger partial charge in [0.15, 0.2) is 0 Å². The van der Waals surface area contributed by atoms with Gasteiger partial charge in [0.05, 0.1) is 20.3 Å². The van der Waals surface area contributed by atoms with Gasteiger partial charge in [-0.1, -0.05) is 6.07 Å². The fourth-order valence-electron chi connectivity index (χ4n) is 2.30. The topological polar surface area (TPSA) is 60.5 Å². The van der Waals surface area contributed by atoms with Crippen molar-refractivity contribution in [3.05, 3.63) is 53.9 Å². The summed E-state index contributed by atoms with van der Waals surface area (Å²) in [5, 5.41) is 2.98. The highest BCUT2D eigenvalue weighted by atomic mass is 16.5. The van der Waals surface area contributed by atoms with Crippen LogP contribution in [-0.4, -0.2) is 25.1 Å². The van der Waals surface area contributed by atoms with Gasteiger partial charge in [-0.05, 0) is 42.7 Å². The minimum atomic E-state index is -0.0592. The smallest absolute Gasteiger partial charge is 0.220 e. The van der Waals surface area contributed by atoms with E-state index >= 15 is 0 Å². The van der Waals surface area contributed by atoms with Crippen LogP contribution in [0.25, 0.3) is 0 Å². The Labute approximate surface area is 136 Å². The fourth-order valence-corrected chi connectivity index (χ4v) is 2.30. The SMILES string of the molecule is COc1cc(CCC(=O)N[C@@H](C)c2cccnc2)cc(OC)c1. The van der Waals surface area contributed by atoms with E-state index in [9.17, 15) is 4.79 Å². The number of hydrogen-bond donors (Lipinski definition) is 1. The van der Waals surface area contributed by atoms with Gasteiger partial charge in [0.1, 0.15) is 11.5 Å². The first-order chi connectivity index (χ1) is 11.1. The molecule has 0 fully saturated rings. The number of aryl methyl sites for hydroxylation is 1. The van der Waals surface area contributed by atoms with Crippen molar-refractivity contribution in [2.24, 2.45) is 0 Å². The van der Waals surface area contributed by atoms with Crippen LogP contribution in [0.2, 0.25) is 0 Å². The van der Waals surface area contributed by atoms with Crippen molar-refractivity contribution in [1.29, 1.82) is 0 Å². The molecular weight excluding hydrogens is 292 g/mol. The molecule has 2 aromatic rings. The van der Waals surface area contributed by atoms with Crippen molar-refractivity contribution in [3.63, 3.8) is 0 Å². The van der Waals surface area contributed by atoms with E-state index in [1.54, 1.807) is 26.6 Å². The van der Waals surface area contributed by atoms with E-state index < -0.39 is 0 Å². The zero-order valence-corrected chi connectivity index (χ0v) is 13.7. The second-order valence-corrected chi connectivity index (χ2v) is 5.30. The van der Waals surface area contributed by atoms with Crippen molar-refractivity contribution in [2.45, 2.75) is 25.8 Å². The van der Waals surface area contributed by atoms with Gasteiger partial charge >= 0.3 is 0 Å². The first kappa shape index (κ1) is 16.8. The van der Waals surface area contributed by atoms with E-state index in [4.69, 9.17) is 9.47 Å².